The standard InChI is InChI=1S/C20H20ClN5O/c21-16-5-1-3-14(9-16)11-25-20(27)15-4-2-8-26(13-15)17-10-18-19(24-12-17)23-7-6-22-18/h1,3,5-7,9-10,12,15H,2,4,8,11,13H2,(H,25,27). The summed E-state index contributed by atoms with van der Waals surface area (Å²) in [5, 5.41) is 3.71. The van der Waals surface area contributed by atoms with Crippen LogP contribution in [0.1, 0.15) is 18.4 Å². The van der Waals surface area contributed by atoms with Gasteiger partial charge in [-0.2, -0.15) is 0 Å². The zero-order valence-electron chi connectivity index (χ0n) is 14.8. The maximum absolute atomic E-state index is 12.6. The van der Waals surface area contributed by atoms with Crippen molar-refractivity contribution in [1.82, 2.24) is 20.3 Å². The number of nitrogens with zero attached hydrogens (tertiary/aromatic N) is 4. The maximum atomic E-state index is 12.6. The molecule has 0 aliphatic carbocycles. The Balaban J connectivity index is 1.41. The van der Waals surface area contributed by atoms with Gasteiger partial charge in [0.1, 0.15) is 5.52 Å². The Morgan fingerprint density at radius 3 is 3.00 bits per heavy atom. The molecule has 3 heterocycles. The number of halogens is 1. The molecule has 1 saturated heterocycles. The summed E-state index contributed by atoms with van der Waals surface area (Å²) < 4.78 is 0. The van der Waals surface area contributed by atoms with E-state index in [0.29, 0.717) is 23.8 Å². The number of carbonyl (C=O) groups is 1. The lowest BCUT2D eigenvalue weighted by molar-refractivity contribution is -0.125. The van der Waals surface area contributed by atoms with Crippen molar-refractivity contribution in [3.8, 4) is 0 Å². The molecular weight excluding hydrogens is 362 g/mol. The molecule has 1 unspecified atom stereocenters. The van der Waals surface area contributed by atoms with Crippen molar-refractivity contribution in [3.05, 3.63) is 59.5 Å². The van der Waals surface area contributed by atoms with Gasteiger partial charge in [0.15, 0.2) is 5.65 Å². The summed E-state index contributed by atoms with van der Waals surface area (Å²) in [6.45, 7) is 2.07. The van der Waals surface area contributed by atoms with E-state index < -0.39 is 0 Å². The predicted molar refractivity (Wildman–Crippen MR) is 106 cm³/mol. The van der Waals surface area contributed by atoms with Crippen LogP contribution >= 0.6 is 11.6 Å². The van der Waals surface area contributed by atoms with Gasteiger partial charge >= 0.3 is 0 Å². The number of benzene rings is 1. The minimum Gasteiger partial charge on any atom is -0.369 e. The molecule has 1 aliphatic rings. The average Bonchev–Trinajstić information content (AvgIpc) is 2.72. The first-order chi connectivity index (χ1) is 13.2. The second-order valence-electron chi connectivity index (χ2n) is 6.73. The molecular formula is C20H20ClN5O. The maximum Gasteiger partial charge on any atom is 0.225 e. The third-order valence-corrected chi connectivity index (χ3v) is 5.06. The number of anilines is 1. The predicted octanol–water partition coefficient (Wildman–Crippen LogP) is 3.21. The first kappa shape index (κ1) is 17.7. The molecule has 1 atom stereocenters. The molecule has 2 aromatic heterocycles. The van der Waals surface area contributed by atoms with Crippen LogP contribution in [0.2, 0.25) is 5.02 Å². The molecule has 0 bridgehead atoms. The topological polar surface area (TPSA) is 71.0 Å². The van der Waals surface area contributed by atoms with Crippen molar-refractivity contribution in [3.63, 3.8) is 0 Å². The van der Waals surface area contributed by atoms with Crippen molar-refractivity contribution >= 4 is 34.4 Å². The summed E-state index contributed by atoms with van der Waals surface area (Å²) in [4.78, 5) is 27.7. The fourth-order valence-corrected chi connectivity index (χ4v) is 3.64. The highest BCUT2D eigenvalue weighted by Crippen LogP contribution is 2.24. The van der Waals surface area contributed by atoms with Gasteiger partial charge < -0.3 is 10.2 Å². The largest absolute Gasteiger partial charge is 0.369 e. The Morgan fingerprint density at radius 1 is 1.22 bits per heavy atom. The molecule has 138 valence electrons. The number of carbonyl (C=O) groups excluding carboxylic acids is 1. The highest BCUT2D eigenvalue weighted by molar-refractivity contribution is 6.30. The Bertz CT molecular complexity index is 964. The summed E-state index contributed by atoms with van der Waals surface area (Å²) in [5.41, 5.74) is 3.38. The molecule has 0 saturated carbocycles. The minimum absolute atomic E-state index is 0.0458. The van der Waals surface area contributed by atoms with Crippen LogP contribution in [0.3, 0.4) is 0 Å². The van der Waals surface area contributed by atoms with Crippen LogP contribution in [0, 0.1) is 5.92 Å². The van der Waals surface area contributed by atoms with E-state index in [1.807, 2.05) is 36.5 Å². The lowest BCUT2D eigenvalue weighted by atomic mass is 9.96. The van der Waals surface area contributed by atoms with Gasteiger partial charge in [-0.25, -0.2) is 9.97 Å². The van der Waals surface area contributed by atoms with Crippen molar-refractivity contribution in [2.24, 2.45) is 5.92 Å². The highest BCUT2D eigenvalue weighted by Gasteiger charge is 2.26. The number of hydrogen-bond donors (Lipinski definition) is 1. The van der Waals surface area contributed by atoms with Crippen molar-refractivity contribution < 1.29 is 4.79 Å². The van der Waals surface area contributed by atoms with Gasteiger partial charge in [-0.05, 0) is 36.6 Å². The first-order valence-electron chi connectivity index (χ1n) is 9.03. The fraction of sp³-hybridized carbons (Fsp3) is 0.300. The number of rotatable bonds is 4. The van der Waals surface area contributed by atoms with E-state index in [2.05, 4.69) is 25.2 Å². The SMILES string of the molecule is O=C(NCc1cccc(Cl)c1)C1CCCN(c2cnc3nccnc3c2)C1. The van der Waals surface area contributed by atoms with E-state index in [1.54, 1.807) is 12.4 Å². The van der Waals surface area contributed by atoms with E-state index in [4.69, 9.17) is 11.6 Å². The van der Waals surface area contributed by atoms with Gasteiger partial charge in [0, 0.05) is 37.1 Å². The fourth-order valence-electron chi connectivity index (χ4n) is 3.43. The van der Waals surface area contributed by atoms with Gasteiger partial charge in [0.05, 0.1) is 17.8 Å². The summed E-state index contributed by atoms with van der Waals surface area (Å²) in [5.74, 6) is 0.0312. The minimum atomic E-state index is -0.0458. The molecule has 0 radical (unpaired) electrons. The molecule has 0 spiro atoms. The number of fused-ring (bicyclic) bond motifs is 1. The number of hydrogen-bond acceptors (Lipinski definition) is 5. The van der Waals surface area contributed by atoms with Crippen LogP contribution in [0.15, 0.2) is 48.9 Å². The molecule has 1 fully saturated rings. The zero-order chi connectivity index (χ0) is 18.6. The molecule has 4 rings (SSSR count). The van der Waals surface area contributed by atoms with Crippen LogP contribution < -0.4 is 10.2 Å². The van der Waals surface area contributed by atoms with Crippen LogP contribution in [0.4, 0.5) is 5.69 Å². The molecule has 3 aromatic rings. The normalized spacial score (nSPS) is 17.1. The second kappa shape index (κ2) is 7.88. The van der Waals surface area contributed by atoms with E-state index in [9.17, 15) is 4.79 Å². The average molecular weight is 382 g/mol. The van der Waals surface area contributed by atoms with Gasteiger partial charge in [-0.1, -0.05) is 23.7 Å². The monoisotopic (exact) mass is 381 g/mol. The molecule has 27 heavy (non-hydrogen) atoms. The van der Waals surface area contributed by atoms with Gasteiger partial charge in [0.25, 0.3) is 0 Å². The van der Waals surface area contributed by atoms with E-state index in [0.717, 1.165) is 36.2 Å². The van der Waals surface area contributed by atoms with E-state index in [1.165, 1.54) is 0 Å². The third kappa shape index (κ3) is 4.17. The van der Waals surface area contributed by atoms with E-state index in [-0.39, 0.29) is 11.8 Å². The number of pyridine rings is 1. The van der Waals surface area contributed by atoms with Crippen molar-refractivity contribution in [1.29, 1.82) is 0 Å². The van der Waals surface area contributed by atoms with Gasteiger partial charge in [0.2, 0.25) is 5.91 Å². The Labute approximate surface area is 162 Å². The smallest absolute Gasteiger partial charge is 0.225 e. The molecule has 1 amide bonds. The third-order valence-electron chi connectivity index (χ3n) is 4.82. The highest BCUT2D eigenvalue weighted by atomic mass is 35.5. The molecule has 1 aliphatic heterocycles. The molecule has 6 nitrogen and oxygen atoms in total. The van der Waals surface area contributed by atoms with Crippen molar-refractivity contribution in [2.75, 3.05) is 18.0 Å². The van der Waals surface area contributed by atoms with Gasteiger partial charge in [-0.15, -0.1) is 0 Å². The molecule has 1 aromatic carbocycles. The van der Waals surface area contributed by atoms with Gasteiger partial charge in [-0.3, -0.25) is 9.78 Å². The summed E-state index contributed by atoms with van der Waals surface area (Å²) in [7, 11) is 0. The molecule has 7 heteroatoms. The molecule has 1 N–H and O–H groups in total. The lowest BCUT2D eigenvalue weighted by Crippen LogP contribution is -2.43. The van der Waals surface area contributed by atoms with E-state index >= 15 is 0 Å². The lowest BCUT2D eigenvalue weighted by Gasteiger charge is -2.33. The van der Waals surface area contributed by atoms with Crippen molar-refractivity contribution in [2.45, 2.75) is 19.4 Å². The van der Waals surface area contributed by atoms with Crippen LogP contribution in [-0.2, 0) is 11.3 Å². The summed E-state index contributed by atoms with van der Waals surface area (Å²) in [6, 6.07) is 9.54. The summed E-state index contributed by atoms with van der Waals surface area (Å²) in [6.07, 6.45) is 6.96. The van der Waals surface area contributed by atoms with Crippen LogP contribution in [-0.4, -0.2) is 33.9 Å². The van der Waals surface area contributed by atoms with Crippen LogP contribution in [0.25, 0.3) is 11.2 Å². The van der Waals surface area contributed by atoms with Crippen LogP contribution in [0.5, 0.6) is 0 Å². The number of piperidine rings is 1. The summed E-state index contributed by atoms with van der Waals surface area (Å²) >= 11 is 6.00. The Kier molecular flexibility index (Phi) is 5.16. The number of aromatic nitrogens is 3. The quantitative estimate of drug-likeness (QED) is 0.751. The second-order valence-corrected chi connectivity index (χ2v) is 7.16. The Morgan fingerprint density at radius 2 is 2.11 bits per heavy atom. The zero-order valence-corrected chi connectivity index (χ0v) is 15.6. The number of amides is 1. The Hall–Kier alpha value is -2.73. The first-order valence-corrected chi connectivity index (χ1v) is 9.41. The number of nitrogens with one attached hydrogen (secondary N) is 1.